The number of hydrogen-bond acceptors (Lipinski definition) is 8. The lowest BCUT2D eigenvalue weighted by molar-refractivity contribution is -0.156. The van der Waals surface area contributed by atoms with Gasteiger partial charge >= 0.3 is 12.1 Å². The summed E-state index contributed by atoms with van der Waals surface area (Å²) in [5.41, 5.74) is 0.359. The first-order chi connectivity index (χ1) is 19.4. The van der Waals surface area contributed by atoms with Crippen LogP contribution in [0.5, 0.6) is 0 Å². The van der Waals surface area contributed by atoms with Crippen LogP contribution in [0, 0.1) is 24.2 Å². The van der Waals surface area contributed by atoms with E-state index in [4.69, 9.17) is 9.47 Å². The number of carbonyl (C=O) groups is 3. The Hall–Kier alpha value is -3.24. The van der Waals surface area contributed by atoms with Gasteiger partial charge in [-0.1, -0.05) is 45.9 Å². The molecule has 1 aromatic carbocycles. The van der Waals surface area contributed by atoms with E-state index >= 15 is 0 Å². The third kappa shape index (κ3) is 7.77. The zero-order valence-electron chi connectivity index (χ0n) is 26.4. The summed E-state index contributed by atoms with van der Waals surface area (Å²) in [6.45, 7) is 14.2. The number of aryl methyl sites for hydroxylation is 2. The number of benzene rings is 1. The van der Waals surface area contributed by atoms with Gasteiger partial charge in [0.1, 0.15) is 23.3 Å². The molecule has 0 unspecified atom stereocenters. The van der Waals surface area contributed by atoms with Crippen molar-refractivity contribution in [3.8, 4) is 0 Å². The molecule has 10 nitrogen and oxygen atoms in total. The average Bonchev–Trinajstić information content (AvgIpc) is 3.18. The highest BCUT2D eigenvalue weighted by Gasteiger charge is 2.42. The molecule has 0 saturated carbocycles. The number of Topliss-reactive ketones (excluding diaryl/α,β-unsaturated/α-hetero) is 1. The summed E-state index contributed by atoms with van der Waals surface area (Å²) < 4.78 is 13.5. The van der Waals surface area contributed by atoms with Crippen LogP contribution >= 0.6 is 0 Å². The second-order valence-corrected chi connectivity index (χ2v) is 13.0. The number of nitrogens with zero attached hydrogens (tertiary/aromatic N) is 3. The predicted molar refractivity (Wildman–Crippen MR) is 160 cm³/mol. The third-order valence-corrected chi connectivity index (χ3v) is 8.14. The van der Waals surface area contributed by atoms with Crippen LogP contribution in [0.3, 0.4) is 0 Å². The number of aromatic nitrogens is 2. The number of aliphatic hydroxyl groups is 2. The van der Waals surface area contributed by atoms with E-state index < -0.39 is 59.6 Å². The minimum atomic E-state index is -1.33. The monoisotopic (exact) mass is 585 g/mol. The van der Waals surface area contributed by atoms with Crippen LogP contribution in [0.2, 0.25) is 0 Å². The molecule has 1 aliphatic rings. The molecule has 2 aromatic rings. The Labute approximate surface area is 248 Å². The van der Waals surface area contributed by atoms with E-state index in [0.29, 0.717) is 5.56 Å². The number of esters is 1. The van der Waals surface area contributed by atoms with Crippen molar-refractivity contribution in [2.24, 2.45) is 24.3 Å². The summed E-state index contributed by atoms with van der Waals surface area (Å²) in [6, 6.07) is 5.65. The van der Waals surface area contributed by atoms with Crippen LogP contribution in [0.4, 0.5) is 4.79 Å². The van der Waals surface area contributed by atoms with Gasteiger partial charge in [-0.15, -0.1) is 0 Å². The van der Waals surface area contributed by atoms with Crippen molar-refractivity contribution >= 4 is 28.9 Å². The highest BCUT2D eigenvalue weighted by molar-refractivity contribution is 5.88. The maximum Gasteiger partial charge on any atom is 0.410 e. The van der Waals surface area contributed by atoms with Gasteiger partial charge in [-0.25, -0.2) is 9.78 Å². The molecule has 0 aliphatic carbocycles. The highest BCUT2D eigenvalue weighted by atomic mass is 16.6. The number of fused-ring (bicyclic) bond motifs is 1. The summed E-state index contributed by atoms with van der Waals surface area (Å²) >= 11 is 0. The molecule has 1 aliphatic heterocycles. The largest absolute Gasteiger partial charge is 0.457 e. The number of ketones is 1. The van der Waals surface area contributed by atoms with Gasteiger partial charge in [-0.3, -0.25) is 9.59 Å². The molecule has 2 heterocycles. The van der Waals surface area contributed by atoms with E-state index in [9.17, 15) is 24.6 Å². The van der Waals surface area contributed by atoms with Crippen molar-refractivity contribution < 1.29 is 34.1 Å². The van der Waals surface area contributed by atoms with Crippen LogP contribution < -0.4 is 0 Å². The number of carbonyl (C=O) groups excluding carboxylic acids is 3. The van der Waals surface area contributed by atoms with Crippen molar-refractivity contribution in [3.63, 3.8) is 0 Å². The molecule has 2 N–H and O–H groups in total. The molecular weight excluding hydrogens is 538 g/mol. The highest BCUT2D eigenvalue weighted by Crippen LogP contribution is 2.33. The van der Waals surface area contributed by atoms with Gasteiger partial charge in [0.25, 0.3) is 0 Å². The molecule has 0 fully saturated rings. The lowest BCUT2D eigenvalue weighted by Gasteiger charge is -2.34. The summed E-state index contributed by atoms with van der Waals surface area (Å²) in [5.74, 6) is -1.41. The first kappa shape index (κ1) is 33.3. The Morgan fingerprint density at radius 2 is 1.83 bits per heavy atom. The van der Waals surface area contributed by atoms with Crippen LogP contribution in [0.1, 0.15) is 78.8 Å². The standard InChI is InChI=1S/C32H47N3O7/c1-19-11-10-15-35(30(40)42-31(4,5)6)16-14-25(22-12-13-24-23(17-22)33-21(3)34(24)9)41-27(37)18-26(36)32(7,8)29(39)20(2)28(19)38/h10-13,17,19-20,25-26,28,36,38H,14-16,18H2,1-9H3/b11-10+/t19-,20+,25-,26-,28-/m0/s1. The van der Waals surface area contributed by atoms with Gasteiger partial charge in [0.2, 0.25) is 0 Å². The Morgan fingerprint density at radius 3 is 2.48 bits per heavy atom. The van der Waals surface area contributed by atoms with Crippen molar-refractivity contribution in [3.05, 3.63) is 41.7 Å². The van der Waals surface area contributed by atoms with Gasteiger partial charge in [0.05, 0.1) is 35.1 Å². The van der Waals surface area contributed by atoms with Crippen molar-refractivity contribution in [2.75, 3.05) is 13.1 Å². The Balaban J connectivity index is 2.02. The quantitative estimate of drug-likeness (QED) is 0.366. The number of cyclic esters (lactones) is 1. The van der Waals surface area contributed by atoms with E-state index in [2.05, 4.69) is 4.98 Å². The number of amides is 1. The van der Waals surface area contributed by atoms with Gasteiger partial charge < -0.3 is 29.2 Å². The fourth-order valence-corrected chi connectivity index (χ4v) is 5.19. The third-order valence-electron chi connectivity index (χ3n) is 8.14. The lowest BCUT2D eigenvalue weighted by atomic mass is 9.73. The molecule has 5 atom stereocenters. The lowest BCUT2D eigenvalue weighted by Crippen LogP contribution is -2.45. The normalized spacial score (nSPS) is 27.5. The fraction of sp³-hybridized carbons (Fsp3) is 0.625. The number of rotatable bonds is 1. The van der Waals surface area contributed by atoms with Gasteiger partial charge in [-0.2, -0.15) is 0 Å². The van der Waals surface area contributed by atoms with Crippen LogP contribution in [0.15, 0.2) is 30.4 Å². The van der Waals surface area contributed by atoms with E-state index in [1.807, 2.05) is 36.7 Å². The van der Waals surface area contributed by atoms with Gasteiger partial charge in [0.15, 0.2) is 0 Å². The number of aliphatic hydroxyl groups excluding tert-OH is 2. The maximum atomic E-state index is 13.4. The smallest absolute Gasteiger partial charge is 0.410 e. The predicted octanol–water partition coefficient (Wildman–Crippen LogP) is 4.64. The van der Waals surface area contributed by atoms with E-state index in [1.165, 1.54) is 4.90 Å². The molecule has 0 radical (unpaired) electrons. The first-order valence-electron chi connectivity index (χ1n) is 14.6. The molecule has 1 amide bonds. The molecule has 232 valence electrons. The summed E-state index contributed by atoms with van der Waals surface area (Å²) in [6.07, 6.45) is -0.242. The maximum absolute atomic E-state index is 13.4. The summed E-state index contributed by atoms with van der Waals surface area (Å²) in [5, 5.41) is 21.9. The molecule has 0 bridgehead atoms. The second-order valence-electron chi connectivity index (χ2n) is 13.0. The molecule has 10 heteroatoms. The number of ether oxygens (including phenoxy) is 2. The SMILES string of the molecule is Cc1nc2cc([C@@H]3CCN(C(=O)OC(C)(C)C)C/C=C/[C@H](C)[C@H](O)[C@@H](C)C(=O)C(C)(C)[C@@H](O)CC(=O)O3)ccc2n1C. The minimum Gasteiger partial charge on any atom is -0.457 e. The van der Waals surface area contributed by atoms with Crippen molar-refractivity contribution in [2.45, 2.75) is 92.1 Å². The Bertz CT molecular complexity index is 1320. The van der Waals surface area contributed by atoms with E-state index in [0.717, 1.165) is 16.9 Å². The van der Waals surface area contributed by atoms with Gasteiger partial charge in [-0.05, 0) is 45.4 Å². The minimum absolute atomic E-state index is 0.192. The zero-order chi connectivity index (χ0) is 31.6. The van der Waals surface area contributed by atoms with Gasteiger partial charge in [0, 0.05) is 38.4 Å². The average molecular weight is 586 g/mol. The summed E-state index contributed by atoms with van der Waals surface area (Å²) in [4.78, 5) is 45.9. The van der Waals surface area contributed by atoms with Crippen LogP contribution in [-0.4, -0.2) is 73.4 Å². The van der Waals surface area contributed by atoms with E-state index in [-0.39, 0.29) is 25.3 Å². The molecule has 0 spiro atoms. The second kappa shape index (κ2) is 13.0. The molecule has 42 heavy (non-hydrogen) atoms. The first-order valence-corrected chi connectivity index (χ1v) is 14.6. The topological polar surface area (TPSA) is 131 Å². The zero-order valence-corrected chi connectivity index (χ0v) is 26.4. The number of hydrogen-bond donors (Lipinski definition) is 2. The molecular formula is C32H47N3O7. The van der Waals surface area contributed by atoms with Crippen LogP contribution in [-0.2, 0) is 26.1 Å². The molecule has 0 saturated heterocycles. The van der Waals surface area contributed by atoms with E-state index in [1.54, 1.807) is 60.6 Å². The number of imidazole rings is 1. The Morgan fingerprint density at radius 1 is 1.17 bits per heavy atom. The molecule has 1 aromatic heterocycles. The Kier molecular flexibility index (Phi) is 10.3. The molecule has 3 rings (SSSR count). The fourth-order valence-electron chi connectivity index (χ4n) is 5.19. The summed E-state index contributed by atoms with van der Waals surface area (Å²) in [7, 11) is 1.92. The van der Waals surface area contributed by atoms with Crippen molar-refractivity contribution in [1.29, 1.82) is 0 Å². The van der Waals surface area contributed by atoms with Crippen molar-refractivity contribution in [1.82, 2.24) is 14.5 Å². The van der Waals surface area contributed by atoms with Crippen LogP contribution in [0.25, 0.3) is 11.0 Å².